The Balaban J connectivity index is 2.01. The van der Waals surface area contributed by atoms with Crippen LogP contribution in [0.5, 0.6) is 0 Å². The molecule has 0 aromatic heterocycles. The van der Waals surface area contributed by atoms with Crippen molar-refractivity contribution in [2.75, 3.05) is 13.2 Å². The predicted octanol–water partition coefficient (Wildman–Crippen LogP) is 1.87. The highest BCUT2D eigenvalue weighted by molar-refractivity contribution is 7.80. The van der Waals surface area contributed by atoms with E-state index in [1.807, 2.05) is 0 Å². The standard InChI is InChI=1S/C9H17NOS/c10-9(12)7-11-6-8-4-2-1-3-5-8/h8H,1-7H2,(H2,10,12). The van der Waals surface area contributed by atoms with Crippen LogP contribution in [-0.4, -0.2) is 18.2 Å². The third-order valence-corrected chi connectivity index (χ3v) is 2.44. The van der Waals surface area contributed by atoms with Crippen LogP contribution >= 0.6 is 12.2 Å². The number of thiocarbonyl (C=S) groups is 1. The number of hydrogen-bond acceptors (Lipinski definition) is 2. The minimum atomic E-state index is 0.450. The van der Waals surface area contributed by atoms with Crippen LogP contribution in [0.1, 0.15) is 32.1 Å². The Morgan fingerprint density at radius 1 is 1.33 bits per heavy atom. The van der Waals surface area contributed by atoms with Gasteiger partial charge in [0.2, 0.25) is 0 Å². The van der Waals surface area contributed by atoms with Crippen molar-refractivity contribution in [3.05, 3.63) is 0 Å². The molecule has 0 atom stereocenters. The molecule has 12 heavy (non-hydrogen) atoms. The fourth-order valence-corrected chi connectivity index (χ4v) is 1.76. The van der Waals surface area contributed by atoms with Crippen molar-refractivity contribution < 1.29 is 4.74 Å². The summed E-state index contributed by atoms with van der Waals surface area (Å²) in [6, 6.07) is 0. The molecule has 3 heteroatoms. The molecule has 0 saturated heterocycles. The summed E-state index contributed by atoms with van der Waals surface area (Å²) in [5.41, 5.74) is 5.31. The third kappa shape index (κ3) is 4.02. The van der Waals surface area contributed by atoms with Gasteiger partial charge in [-0.2, -0.15) is 0 Å². The lowest BCUT2D eigenvalue weighted by molar-refractivity contribution is 0.113. The zero-order valence-corrected chi connectivity index (χ0v) is 8.24. The van der Waals surface area contributed by atoms with Gasteiger partial charge in [0.15, 0.2) is 0 Å². The highest BCUT2D eigenvalue weighted by atomic mass is 32.1. The van der Waals surface area contributed by atoms with Crippen molar-refractivity contribution >= 4 is 17.2 Å². The summed E-state index contributed by atoms with van der Waals surface area (Å²) in [5, 5.41) is 0. The second kappa shape index (κ2) is 5.49. The molecule has 0 unspecified atom stereocenters. The molecule has 0 amide bonds. The lowest BCUT2D eigenvalue weighted by Crippen LogP contribution is -2.20. The van der Waals surface area contributed by atoms with Crippen LogP contribution in [0.15, 0.2) is 0 Å². The zero-order chi connectivity index (χ0) is 8.81. The van der Waals surface area contributed by atoms with Crippen molar-refractivity contribution in [3.8, 4) is 0 Å². The maximum atomic E-state index is 5.37. The smallest absolute Gasteiger partial charge is 0.0989 e. The van der Waals surface area contributed by atoms with E-state index >= 15 is 0 Å². The molecular formula is C9H17NOS. The van der Waals surface area contributed by atoms with E-state index in [9.17, 15) is 0 Å². The SMILES string of the molecule is NC(=S)COCC1CCCCC1. The molecule has 0 spiro atoms. The minimum Gasteiger partial charge on any atom is -0.391 e. The normalized spacial score (nSPS) is 19.3. The largest absolute Gasteiger partial charge is 0.391 e. The van der Waals surface area contributed by atoms with Crippen LogP contribution in [0.4, 0.5) is 0 Å². The van der Waals surface area contributed by atoms with Crippen LogP contribution in [0.25, 0.3) is 0 Å². The van der Waals surface area contributed by atoms with E-state index in [0.29, 0.717) is 11.6 Å². The first-order valence-electron chi connectivity index (χ1n) is 4.65. The van der Waals surface area contributed by atoms with Crippen LogP contribution in [0.3, 0.4) is 0 Å². The maximum absolute atomic E-state index is 5.37. The number of rotatable bonds is 4. The fourth-order valence-electron chi connectivity index (χ4n) is 1.68. The Bertz CT molecular complexity index is 143. The Labute approximate surface area is 79.5 Å². The van der Waals surface area contributed by atoms with Crippen molar-refractivity contribution in [2.24, 2.45) is 11.7 Å². The molecule has 0 aliphatic heterocycles. The molecule has 2 nitrogen and oxygen atoms in total. The van der Waals surface area contributed by atoms with Crippen molar-refractivity contribution in [2.45, 2.75) is 32.1 Å². The molecule has 1 fully saturated rings. The van der Waals surface area contributed by atoms with Gasteiger partial charge in [-0.15, -0.1) is 0 Å². The van der Waals surface area contributed by atoms with E-state index in [1.54, 1.807) is 0 Å². The first kappa shape index (κ1) is 9.93. The summed E-state index contributed by atoms with van der Waals surface area (Å²) in [6.45, 7) is 1.29. The molecule has 1 aliphatic rings. The highest BCUT2D eigenvalue weighted by Gasteiger charge is 2.12. The molecule has 1 aliphatic carbocycles. The maximum Gasteiger partial charge on any atom is 0.0989 e. The minimum absolute atomic E-state index is 0.450. The lowest BCUT2D eigenvalue weighted by atomic mass is 9.90. The first-order chi connectivity index (χ1) is 5.79. The molecule has 0 aromatic carbocycles. The Morgan fingerprint density at radius 2 is 2.00 bits per heavy atom. The van der Waals surface area contributed by atoms with Gasteiger partial charge in [-0.3, -0.25) is 0 Å². The van der Waals surface area contributed by atoms with E-state index in [2.05, 4.69) is 0 Å². The van der Waals surface area contributed by atoms with E-state index in [4.69, 9.17) is 22.7 Å². The van der Waals surface area contributed by atoms with Crippen LogP contribution in [0.2, 0.25) is 0 Å². The van der Waals surface area contributed by atoms with Crippen LogP contribution in [-0.2, 0) is 4.74 Å². The molecule has 2 N–H and O–H groups in total. The average Bonchev–Trinajstić information content (AvgIpc) is 2.05. The Morgan fingerprint density at radius 3 is 2.58 bits per heavy atom. The molecule has 1 rings (SSSR count). The van der Waals surface area contributed by atoms with E-state index in [0.717, 1.165) is 12.5 Å². The molecule has 0 heterocycles. The fraction of sp³-hybridized carbons (Fsp3) is 0.889. The van der Waals surface area contributed by atoms with Gasteiger partial charge < -0.3 is 10.5 Å². The first-order valence-corrected chi connectivity index (χ1v) is 5.06. The summed E-state index contributed by atoms with van der Waals surface area (Å²) in [6.07, 6.45) is 6.75. The second-order valence-electron chi connectivity index (χ2n) is 3.49. The Kier molecular flexibility index (Phi) is 4.54. The van der Waals surface area contributed by atoms with Gasteiger partial charge in [0.05, 0.1) is 11.6 Å². The number of ether oxygens (including phenoxy) is 1. The van der Waals surface area contributed by atoms with Gasteiger partial charge in [0.1, 0.15) is 0 Å². The summed E-state index contributed by atoms with van der Waals surface area (Å²) in [4.78, 5) is 0.464. The quantitative estimate of drug-likeness (QED) is 0.682. The third-order valence-electron chi connectivity index (χ3n) is 2.32. The van der Waals surface area contributed by atoms with Gasteiger partial charge in [-0.05, 0) is 18.8 Å². The van der Waals surface area contributed by atoms with Gasteiger partial charge in [-0.1, -0.05) is 31.5 Å². The zero-order valence-electron chi connectivity index (χ0n) is 7.42. The molecule has 0 aromatic rings. The average molecular weight is 187 g/mol. The second-order valence-corrected chi connectivity index (χ2v) is 4.01. The van der Waals surface area contributed by atoms with Crippen molar-refractivity contribution in [3.63, 3.8) is 0 Å². The Hall–Kier alpha value is -0.150. The van der Waals surface area contributed by atoms with Crippen LogP contribution in [0, 0.1) is 5.92 Å². The topological polar surface area (TPSA) is 35.2 Å². The van der Waals surface area contributed by atoms with Gasteiger partial charge >= 0.3 is 0 Å². The lowest BCUT2D eigenvalue weighted by Gasteiger charge is -2.20. The molecule has 1 saturated carbocycles. The highest BCUT2D eigenvalue weighted by Crippen LogP contribution is 2.23. The van der Waals surface area contributed by atoms with Gasteiger partial charge in [-0.25, -0.2) is 0 Å². The summed E-state index contributed by atoms with van der Waals surface area (Å²) >= 11 is 4.72. The molecular weight excluding hydrogens is 170 g/mol. The van der Waals surface area contributed by atoms with Crippen molar-refractivity contribution in [1.82, 2.24) is 0 Å². The van der Waals surface area contributed by atoms with Crippen molar-refractivity contribution in [1.29, 1.82) is 0 Å². The number of hydrogen-bond donors (Lipinski definition) is 1. The monoisotopic (exact) mass is 187 g/mol. The van der Waals surface area contributed by atoms with Crippen LogP contribution < -0.4 is 5.73 Å². The van der Waals surface area contributed by atoms with Gasteiger partial charge in [0, 0.05) is 6.61 Å². The van der Waals surface area contributed by atoms with E-state index in [1.165, 1.54) is 32.1 Å². The number of nitrogens with two attached hydrogens (primary N) is 1. The molecule has 0 radical (unpaired) electrons. The predicted molar refractivity (Wildman–Crippen MR) is 54.2 cm³/mol. The molecule has 70 valence electrons. The summed E-state index contributed by atoms with van der Waals surface area (Å²) < 4.78 is 5.37. The van der Waals surface area contributed by atoms with E-state index < -0.39 is 0 Å². The molecule has 0 bridgehead atoms. The van der Waals surface area contributed by atoms with Gasteiger partial charge in [0.25, 0.3) is 0 Å². The summed E-state index contributed by atoms with van der Waals surface area (Å²) in [5.74, 6) is 0.757. The summed E-state index contributed by atoms with van der Waals surface area (Å²) in [7, 11) is 0. The van der Waals surface area contributed by atoms with E-state index in [-0.39, 0.29) is 0 Å².